The number of carbonyl (C=O) groups is 1. The van der Waals surface area contributed by atoms with Gasteiger partial charge in [-0.25, -0.2) is 10.2 Å². The number of para-hydroxylation sites is 1. The highest BCUT2D eigenvalue weighted by Crippen LogP contribution is 2.26. The minimum Gasteiger partial charge on any atom is -0.406 e. The van der Waals surface area contributed by atoms with Gasteiger partial charge in [0.1, 0.15) is 5.75 Å². The van der Waals surface area contributed by atoms with Gasteiger partial charge in [-0.15, -0.1) is 13.2 Å². The average molecular weight is 500 g/mol. The summed E-state index contributed by atoms with van der Waals surface area (Å²) in [6.45, 7) is 6.40. The Bertz CT molecular complexity index is 1150. The lowest BCUT2D eigenvalue weighted by molar-refractivity contribution is -0.274. The molecule has 2 amide bonds. The predicted molar refractivity (Wildman–Crippen MR) is 137 cm³/mol. The van der Waals surface area contributed by atoms with Gasteiger partial charge in [-0.2, -0.15) is 10.2 Å². The fourth-order valence-electron chi connectivity index (χ4n) is 3.43. The highest BCUT2D eigenvalue weighted by molar-refractivity contribution is 5.91. The smallest absolute Gasteiger partial charge is 0.406 e. The zero-order valence-electron chi connectivity index (χ0n) is 20.2. The van der Waals surface area contributed by atoms with Gasteiger partial charge >= 0.3 is 12.4 Å². The summed E-state index contributed by atoms with van der Waals surface area (Å²) < 4.78 is 41.1. The van der Waals surface area contributed by atoms with Crippen molar-refractivity contribution in [2.75, 3.05) is 16.9 Å². The number of halogens is 3. The highest BCUT2D eigenvalue weighted by atomic mass is 19.4. The van der Waals surface area contributed by atoms with Crippen molar-refractivity contribution < 1.29 is 22.7 Å². The Morgan fingerprint density at radius 3 is 2.61 bits per heavy atom. The third kappa shape index (κ3) is 8.30. The zero-order chi connectivity index (χ0) is 26.1. The largest absolute Gasteiger partial charge is 0.573 e. The molecule has 10 heteroatoms. The number of benzene rings is 2. The van der Waals surface area contributed by atoms with E-state index < -0.39 is 12.4 Å². The predicted octanol–water partition coefficient (Wildman–Crippen LogP) is 6.44. The molecule has 2 N–H and O–H groups in total. The molecule has 0 saturated carbocycles. The van der Waals surface area contributed by atoms with Crippen molar-refractivity contribution in [2.45, 2.75) is 33.1 Å². The molecular formula is C26H28F3N5O2. The molecule has 2 aromatic carbocycles. The van der Waals surface area contributed by atoms with Gasteiger partial charge in [0.25, 0.3) is 0 Å². The second-order valence-electron chi connectivity index (χ2n) is 8.38. The van der Waals surface area contributed by atoms with Crippen LogP contribution in [-0.2, 0) is 0 Å². The fraction of sp³-hybridized carbons (Fsp3) is 0.269. The molecule has 190 valence electrons. The molecule has 0 radical (unpaired) electrons. The molecule has 36 heavy (non-hydrogen) atoms. The summed E-state index contributed by atoms with van der Waals surface area (Å²) in [6.07, 6.45) is 4.09. The molecular weight excluding hydrogens is 471 g/mol. The Labute approximate surface area is 208 Å². The Kier molecular flexibility index (Phi) is 8.88. The van der Waals surface area contributed by atoms with Crippen LogP contribution < -0.4 is 20.5 Å². The number of carbonyl (C=O) groups excluding carboxylic acids is 1. The van der Waals surface area contributed by atoms with Crippen LogP contribution in [-0.4, -0.2) is 31.4 Å². The number of rotatable bonds is 6. The molecule has 0 saturated heterocycles. The highest BCUT2D eigenvalue weighted by Gasteiger charge is 2.31. The van der Waals surface area contributed by atoms with Crippen molar-refractivity contribution in [3.05, 3.63) is 77.9 Å². The Morgan fingerprint density at radius 2 is 1.92 bits per heavy atom. The van der Waals surface area contributed by atoms with Crippen molar-refractivity contribution in [3.8, 4) is 5.75 Å². The van der Waals surface area contributed by atoms with Gasteiger partial charge in [0.15, 0.2) is 0 Å². The first-order valence-corrected chi connectivity index (χ1v) is 11.4. The lowest BCUT2D eigenvalue weighted by Gasteiger charge is -2.18. The fourth-order valence-corrected chi connectivity index (χ4v) is 3.43. The van der Waals surface area contributed by atoms with E-state index in [1.807, 2.05) is 49.4 Å². The van der Waals surface area contributed by atoms with Crippen LogP contribution in [0, 0.1) is 5.92 Å². The monoisotopic (exact) mass is 499 g/mol. The molecule has 1 heterocycles. The summed E-state index contributed by atoms with van der Waals surface area (Å²) in [5.74, 6) is -0.114. The number of nitrogens with one attached hydrogen (secondary N) is 2. The second kappa shape index (κ2) is 12.1. The van der Waals surface area contributed by atoms with Crippen LogP contribution >= 0.6 is 0 Å². The van der Waals surface area contributed by atoms with E-state index in [0.29, 0.717) is 12.2 Å². The number of urea groups is 1. The first-order chi connectivity index (χ1) is 17.1. The number of allylic oxidation sites excluding steroid dienone is 3. The number of hydrazone groups is 2. The van der Waals surface area contributed by atoms with Crippen LogP contribution in [0.1, 0.15) is 32.3 Å². The number of anilines is 2. The maximum absolute atomic E-state index is 12.4. The first kappa shape index (κ1) is 26.5. The Hall–Kier alpha value is -4.08. The average Bonchev–Trinajstić information content (AvgIpc) is 2.89. The van der Waals surface area contributed by atoms with Crippen LogP contribution in [0.25, 0.3) is 0 Å². The van der Waals surface area contributed by atoms with Gasteiger partial charge < -0.3 is 10.1 Å². The molecule has 1 aliphatic rings. The van der Waals surface area contributed by atoms with Crippen LogP contribution in [0.4, 0.5) is 29.3 Å². The maximum Gasteiger partial charge on any atom is 0.573 e. The van der Waals surface area contributed by atoms with E-state index >= 15 is 0 Å². The summed E-state index contributed by atoms with van der Waals surface area (Å²) >= 11 is 0. The van der Waals surface area contributed by atoms with Crippen molar-refractivity contribution in [1.29, 1.82) is 0 Å². The van der Waals surface area contributed by atoms with Crippen molar-refractivity contribution >= 4 is 29.8 Å². The number of alkyl halides is 3. The standard InChI is InChI=1S/C26H28F3N5O2/c1-18(2)23-8-4-5-9-24(23)32-25(35)33-30-17-20-7-6-14-34(31-16-19(3)15-20)21-10-12-22(13-11-21)36-26(27,28)29/h4-13,15-19H,14H2,1-3H3,(H2,32,33,35)/b7-6-,20-15+,30-17+,31-16-. The van der Waals surface area contributed by atoms with E-state index in [1.54, 1.807) is 11.2 Å². The first-order valence-electron chi connectivity index (χ1n) is 11.4. The van der Waals surface area contributed by atoms with Crippen molar-refractivity contribution in [3.63, 3.8) is 0 Å². The molecule has 2 aromatic rings. The van der Waals surface area contributed by atoms with E-state index in [0.717, 1.165) is 16.8 Å². The summed E-state index contributed by atoms with van der Waals surface area (Å²) in [5, 5.41) is 12.9. The number of hydrogen-bond donors (Lipinski definition) is 2. The minimum atomic E-state index is -4.74. The molecule has 0 spiro atoms. The van der Waals surface area contributed by atoms with Crippen molar-refractivity contribution in [1.82, 2.24) is 5.43 Å². The van der Waals surface area contributed by atoms with Gasteiger partial charge in [0.05, 0.1) is 18.4 Å². The summed E-state index contributed by atoms with van der Waals surface area (Å²) in [7, 11) is 0. The molecule has 0 aliphatic carbocycles. The summed E-state index contributed by atoms with van der Waals surface area (Å²) in [5.41, 5.74) is 5.59. The molecule has 0 bridgehead atoms. The quantitative estimate of drug-likeness (QED) is 0.355. The minimum absolute atomic E-state index is 0.0729. The maximum atomic E-state index is 12.4. The lowest BCUT2D eigenvalue weighted by Crippen LogP contribution is -2.25. The summed E-state index contributed by atoms with van der Waals surface area (Å²) in [6, 6.07) is 12.6. The molecule has 1 aliphatic heterocycles. The molecule has 0 fully saturated rings. The molecule has 1 atom stereocenters. The van der Waals surface area contributed by atoms with E-state index in [4.69, 9.17) is 0 Å². The molecule has 3 rings (SSSR count). The Balaban J connectivity index is 1.61. The van der Waals surface area contributed by atoms with E-state index in [2.05, 4.69) is 39.5 Å². The zero-order valence-corrected chi connectivity index (χ0v) is 20.2. The second-order valence-corrected chi connectivity index (χ2v) is 8.38. The van der Waals surface area contributed by atoms with E-state index in [9.17, 15) is 18.0 Å². The van der Waals surface area contributed by atoms with Crippen LogP contribution in [0.2, 0.25) is 0 Å². The molecule has 7 nitrogen and oxygen atoms in total. The summed E-state index contributed by atoms with van der Waals surface area (Å²) in [4.78, 5) is 12.3. The lowest BCUT2D eigenvalue weighted by atomic mass is 10.0. The van der Waals surface area contributed by atoms with Gasteiger partial charge in [-0.1, -0.05) is 57.2 Å². The SMILES string of the molecule is CC1/C=N\N(c2ccc(OC(F)(F)F)cc2)C\C=C/C(/C=N/NC(=O)Nc2ccccc2C(C)C)=C\1. The van der Waals surface area contributed by atoms with Crippen molar-refractivity contribution in [2.24, 2.45) is 16.1 Å². The Morgan fingerprint density at radius 1 is 1.19 bits per heavy atom. The number of hydrogen-bond acceptors (Lipinski definition) is 5. The van der Waals surface area contributed by atoms with Crippen LogP contribution in [0.15, 0.2) is 82.5 Å². The van der Waals surface area contributed by atoms with E-state index in [-0.39, 0.29) is 17.6 Å². The van der Waals surface area contributed by atoms with Gasteiger partial charge in [0, 0.05) is 17.8 Å². The molecule has 1 unspecified atom stereocenters. The van der Waals surface area contributed by atoms with E-state index in [1.165, 1.54) is 30.5 Å². The molecule has 0 aromatic heterocycles. The van der Waals surface area contributed by atoms with Gasteiger partial charge in [-0.3, -0.25) is 5.01 Å². The van der Waals surface area contributed by atoms with Crippen LogP contribution in [0.3, 0.4) is 0 Å². The third-order valence-corrected chi connectivity index (χ3v) is 5.06. The number of amides is 2. The number of nitrogens with zero attached hydrogens (tertiary/aromatic N) is 3. The third-order valence-electron chi connectivity index (χ3n) is 5.06. The van der Waals surface area contributed by atoms with Crippen LogP contribution in [0.5, 0.6) is 5.75 Å². The normalized spacial score (nSPS) is 19.6. The number of ether oxygens (including phenoxy) is 1. The van der Waals surface area contributed by atoms with Gasteiger partial charge in [0.2, 0.25) is 0 Å². The topological polar surface area (TPSA) is 78.3 Å². The van der Waals surface area contributed by atoms with Gasteiger partial charge in [-0.05, 0) is 47.4 Å².